The maximum absolute atomic E-state index is 14.6. The molecule has 1 heterocycles. The Labute approximate surface area is 145 Å². The minimum Gasteiger partial charge on any atom is -0.490 e. The van der Waals surface area contributed by atoms with E-state index < -0.39 is 5.97 Å². The number of aromatic nitrogens is 1. The molecule has 0 spiro atoms. The van der Waals surface area contributed by atoms with Gasteiger partial charge in [0.1, 0.15) is 5.82 Å². The zero-order valence-electron chi connectivity index (χ0n) is 13.8. The Morgan fingerprint density at radius 1 is 1.32 bits per heavy atom. The number of rotatable bonds is 9. The van der Waals surface area contributed by atoms with Gasteiger partial charge in [0.2, 0.25) is 0 Å². The monoisotopic (exact) mass is 344 g/mol. The van der Waals surface area contributed by atoms with Crippen LogP contribution in [0, 0.1) is 11.7 Å². The highest BCUT2D eigenvalue weighted by atomic mass is 19.1. The predicted molar refractivity (Wildman–Crippen MR) is 92.3 cm³/mol. The zero-order chi connectivity index (χ0) is 17.6. The number of aliphatic carboxylic acids is 1. The van der Waals surface area contributed by atoms with Gasteiger partial charge in [-0.3, -0.25) is 4.79 Å². The summed E-state index contributed by atoms with van der Waals surface area (Å²) in [5.41, 5.74) is 0.565. The number of nitrogens with zero attached hydrogens (tertiary/aromatic N) is 1. The number of anilines is 1. The molecule has 1 saturated carbocycles. The third-order valence-electron chi connectivity index (χ3n) is 4.30. The standard InChI is InChI=1S/C19H21FN2O3/c20-19-14(15-11-13(15)12-18(23)24)5-3-6-16(19)25-10-4-9-22-17-7-1-2-8-21-17/h1-3,5-8,13,15H,4,9-12H2,(H,21,22)(H,23,24). The third kappa shape index (κ3) is 4.68. The molecule has 0 radical (unpaired) electrons. The second-order valence-corrected chi connectivity index (χ2v) is 6.20. The van der Waals surface area contributed by atoms with Crippen molar-refractivity contribution in [1.82, 2.24) is 4.98 Å². The van der Waals surface area contributed by atoms with Gasteiger partial charge in [-0.1, -0.05) is 18.2 Å². The molecule has 0 saturated heterocycles. The molecule has 2 atom stereocenters. The lowest BCUT2D eigenvalue weighted by atomic mass is 10.1. The van der Waals surface area contributed by atoms with E-state index in [0.717, 1.165) is 12.2 Å². The van der Waals surface area contributed by atoms with Crippen molar-refractivity contribution in [2.75, 3.05) is 18.5 Å². The summed E-state index contributed by atoms with van der Waals surface area (Å²) in [5.74, 6) is -0.140. The summed E-state index contributed by atoms with van der Waals surface area (Å²) >= 11 is 0. The quantitative estimate of drug-likeness (QED) is 0.679. The van der Waals surface area contributed by atoms with Gasteiger partial charge in [0.25, 0.3) is 0 Å². The number of ether oxygens (including phenoxy) is 1. The molecule has 1 aliphatic carbocycles. The fourth-order valence-electron chi connectivity index (χ4n) is 2.94. The average Bonchev–Trinajstić information content (AvgIpc) is 3.35. The molecular weight excluding hydrogens is 323 g/mol. The van der Waals surface area contributed by atoms with Gasteiger partial charge in [0.15, 0.2) is 11.6 Å². The Morgan fingerprint density at radius 3 is 2.96 bits per heavy atom. The summed E-state index contributed by atoms with van der Waals surface area (Å²) in [6.07, 6.45) is 3.25. The van der Waals surface area contributed by atoms with Crippen LogP contribution in [0.4, 0.5) is 10.2 Å². The van der Waals surface area contributed by atoms with E-state index in [9.17, 15) is 9.18 Å². The van der Waals surface area contributed by atoms with Crippen LogP contribution in [0.3, 0.4) is 0 Å². The van der Waals surface area contributed by atoms with Crippen molar-refractivity contribution in [3.8, 4) is 5.75 Å². The van der Waals surface area contributed by atoms with Crippen LogP contribution in [0.15, 0.2) is 42.6 Å². The summed E-state index contributed by atoms with van der Waals surface area (Å²) < 4.78 is 20.1. The van der Waals surface area contributed by atoms with E-state index in [4.69, 9.17) is 9.84 Å². The lowest BCUT2D eigenvalue weighted by molar-refractivity contribution is -0.137. The van der Waals surface area contributed by atoms with Gasteiger partial charge < -0.3 is 15.2 Å². The molecule has 2 aromatic rings. The number of carbonyl (C=O) groups is 1. The molecule has 1 aromatic carbocycles. The smallest absolute Gasteiger partial charge is 0.303 e. The number of carboxylic acids is 1. The van der Waals surface area contributed by atoms with E-state index in [1.165, 1.54) is 0 Å². The van der Waals surface area contributed by atoms with Gasteiger partial charge in [-0.15, -0.1) is 0 Å². The van der Waals surface area contributed by atoms with Crippen LogP contribution in [0.25, 0.3) is 0 Å². The van der Waals surface area contributed by atoms with Crippen molar-refractivity contribution in [2.24, 2.45) is 5.92 Å². The van der Waals surface area contributed by atoms with Crippen molar-refractivity contribution in [1.29, 1.82) is 0 Å². The number of hydrogen-bond acceptors (Lipinski definition) is 4. The molecule has 0 amide bonds. The Balaban J connectivity index is 1.47. The van der Waals surface area contributed by atoms with Crippen LogP contribution in [0.1, 0.15) is 30.7 Å². The van der Waals surface area contributed by atoms with E-state index in [-0.39, 0.29) is 29.8 Å². The summed E-state index contributed by atoms with van der Waals surface area (Å²) in [6.45, 7) is 1.07. The Kier molecular flexibility index (Phi) is 5.48. The molecule has 25 heavy (non-hydrogen) atoms. The van der Waals surface area contributed by atoms with Gasteiger partial charge >= 0.3 is 5.97 Å². The van der Waals surface area contributed by atoms with Gasteiger partial charge in [-0.25, -0.2) is 9.37 Å². The Morgan fingerprint density at radius 2 is 2.20 bits per heavy atom. The summed E-state index contributed by atoms with van der Waals surface area (Å²) in [4.78, 5) is 14.9. The first-order valence-corrected chi connectivity index (χ1v) is 8.43. The van der Waals surface area contributed by atoms with Crippen molar-refractivity contribution < 1.29 is 19.0 Å². The molecular formula is C19H21FN2O3. The van der Waals surface area contributed by atoms with Gasteiger partial charge in [-0.2, -0.15) is 0 Å². The summed E-state index contributed by atoms with van der Waals surface area (Å²) in [7, 11) is 0. The normalized spacial score (nSPS) is 18.6. The molecule has 1 fully saturated rings. The zero-order valence-corrected chi connectivity index (χ0v) is 13.8. The lowest BCUT2D eigenvalue weighted by Crippen LogP contribution is -2.09. The maximum atomic E-state index is 14.6. The lowest BCUT2D eigenvalue weighted by Gasteiger charge is -2.11. The second kappa shape index (κ2) is 7.96. The van der Waals surface area contributed by atoms with Crippen molar-refractivity contribution in [3.05, 3.63) is 54.0 Å². The molecule has 2 N–H and O–H groups in total. The van der Waals surface area contributed by atoms with Gasteiger partial charge in [-0.05, 0) is 48.4 Å². The van der Waals surface area contributed by atoms with Gasteiger partial charge in [0.05, 0.1) is 6.61 Å². The first kappa shape index (κ1) is 17.2. The van der Waals surface area contributed by atoms with Crippen LogP contribution in [-0.4, -0.2) is 29.2 Å². The van der Waals surface area contributed by atoms with Crippen molar-refractivity contribution in [2.45, 2.75) is 25.2 Å². The number of halogens is 1. The third-order valence-corrected chi connectivity index (χ3v) is 4.30. The SMILES string of the molecule is O=C(O)CC1CC1c1cccc(OCCCNc2ccccn2)c1F. The molecule has 0 aliphatic heterocycles. The van der Waals surface area contributed by atoms with E-state index >= 15 is 0 Å². The van der Waals surface area contributed by atoms with Crippen LogP contribution < -0.4 is 10.1 Å². The fourth-order valence-corrected chi connectivity index (χ4v) is 2.94. The van der Waals surface area contributed by atoms with Crippen LogP contribution in [0.5, 0.6) is 5.75 Å². The van der Waals surface area contributed by atoms with Gasteiger partial charge in [0, 0.05) is 19.2 Å². The number of nitrogens with one attached hydrogen (secondary N) is 1. The van der Waals surface area contributed by atoms with Crippen LogP contribution >= 0.6 is 0 Å². The van der Waals surface area contributed by atoms with Crippen LogP contribution in [0.2, 0.25) is 0 Å². The second-order valence-electron chi connectivity index (χ2n) is 6.20. The van der Waals surface area contributed by atoms with Crippen molar-refractivity contribution >= 4 is 11.8 Å². The molecule has 6 heteroatoms. The predicted octanol–water partition coefficient (Wildman–Crippen LogP) is 3.68. The molecule has 132 valence electrons. The highest BCUT2D eigenvalue weighted by Crippen LogP contribution is 2.51. The minimum absolute atomic E-state index is 0.00882. The molecule has 5 nitrogen and oxygen atoms in total. The first-order chi connectivity index (χ1) is 12.1. The topological polar surface area (TPSA) is 71.5 Å². The molecule has 1 aliphatic rings. The average molecular weight is 344 g/mol. The number of hydrogen-bond donors (Lipinski definition) is 2. The Bertz CT molecular complexity index is 724. The first-order valence-electron chi connectivity index (χ1n) is 8.43. The number of pyridine rings is 1. The molecule has 0 bridgehead atoms. The minimum atomic E-state index is -0.833. The van der Waals surface area contributed by atoms with Crippen molar-refractivity contribution in [3.63, 3.8) is 0 Å². The Hall–Kier alpha value is -2.63. The van der Waals surface area contributed by atoms with Crippen LogP contribution in [-0.2, 0) is 4.79 Å². The number of benzene rings is 1. The molecule has 2 unspecified atom stereocenters. The largest absolute Gasteiger partial charge is 0.490 e. The fraction of sp³-hybridized carbons (Fsp3) is 0.368. The van der Waals surface area contributed by atoms with E-state index in [2.05, 4.69) is 10.3 Å². The van der Waals surface area contributed by atoms with E-state index in [1.54, 1.807) is 24.4 Å². The number of carboxylic acid groups (broad SMARTS) is 1. The summed E-state index contributed by atoms with van der Waals surface area (Å²) in [6, 6.07) is 10.7. The highest BCUT2D eigenvalue weighted by molar-refractivity contribution is 5.68. The van der Waals surface area contributed by atoms with E-state index in [1.807, 2.05) is 18.2 Å². The highest BCUT2D eigenvalue weighted by Gasteiger charge is 2.41. The molecule has 3 rings (SSSR count). The maximum Gasteiger partial charge on any atom is 0.303 e. The molecule has 1 aromatic heterocycles. The summed E-state index contributed by atoms with van der Waals surface area (Å²) in [5, 5.41) is 12.0. The van der Waals surface area contributed by atoms with E-state index in [0.29, 0.717) is 25.1 Å².